The van der Waals surface area contributed by atoms with Gasteiger partial charge in [-0.05, 0) is 43.2 Å². The highest BCUT2D eigenvalue weighted by atomic mass is 16.5. The van der Waals surface area contributed by atoms with E-state index in [2.05, 4.69) is 13.2 Å². The predicted octanol–water partition coefficient (Wildman–Crippen LogP) is 3.95. The fourth-order valence-electron chi connectivity index (χ4n) is 7.29. The molecule has 1 N–H and O–H groups in total. The van der Waals surface area contributed by atoms with Crippen LogP contribution in [-0.4, -0.2) is 81.5 Å². The lowest BCUT2D eigenvalue weighted by molar-refractivity contribution is -0.149. The lowest BCUT2D eigenvalue weighted by atomic mass is 9.70. The zero-order chi connectivity index (χ0) is 30.4. The van der Waals surface area contributed by atoms with Crippen molar-refractivity contribution in [2.75, 3.05) is 26.2 Å². The minimum Gasteiger partial charge on any atom is -0.396 e. The first-order valence-electron chi connectivity index (χ1n) is 15.4. The third kappa shape index (κ3) is 6.04. The van der Waals surface area contributed by atoms with Gasteiger partial charge in [0, 0.05) is 39.3 Å². The highest BCUT2D eigenvalue weighted by Gasteiger charge is 2.74. The number of rotatable bonds is 15. The number of unbranched alkanes of at least 4 members (excludes halogenated alkanes) is 2. The largest absolute Gasteiger partial charge is 0.396 e. The van der Waals surface area contributed by atoms with Crippen LogP contribution in [0.15, 0.2) is 86.0 Å². The number of carbonyl (C=O) groups is 3. The van der Waals surface area contributed by atoms with Gasteiger partial charge in [-0.15, -0.1) is 13.2 Å². The van der Waals surface area contributed by atoms with E-state index in [9.17, 15) is 19.5 Å². The molecule has 3 saturated heterocycles. The lowest BCUT2D eigenvalue weighted by Crippen LogP contribution is -2.56. The van der Waals surface area contributed by atoms with Crippen molar-refractivity contribution in [2.45, 2.75) is 62.9 Å². The quantitative estimate of drug-likeness (QED) is 0.253. The average Bonchev–Trinajstić information content (AvgIpc) is 3.66. The van der Waals surface area contributed by atoms with Gasteiger partial charge in [-0.2, -0.15) is 0 Å². The average molecular weight is 586 g/mol. The van der Waals surface area contributed by atoms with Gasteiger partial charge in [0.05, 0.1) is 17.9 Å². The van der Waals surface area contributed by atoms with Crippen molar-refractivity contribution in [2.24, 2.45) is 11.8 Å². The Morgan fingerprint density at radius 2 is 1.49 bits per heavy atom. The van der Waals surface area contributed by atoms with Crippen LogP contribution in [-0.2, 0) is 32.2 Å². The molecule has 0 aliphatic carbocycles. The van der Waals surface area contributed by atoms with Gasteiger partial charge in [0.15, 0.2) is 0 Å². The predicted molar refractivity (Wildman–Crippen MR) is 164 cm³/mol. The second kappa shape index (κ2) is 13.7. The first kappa shape index (κ1) is 30.7. The maximum atomic E-state index is 14.5. The van der Waals surface area contributed by atoms with E-state index in [1.165, 1.54) is 0 Å². The Balaban J connectivity index is 1.47. The molecule has 2 aromatic carbocycles. The second-order valence-electron chi connectivity index (χ2n) is 11.9. The lowest BCUT2D eigenvalue weighted by Gasteiger charge is -2.37. The monoisotopic (exact) mass is 585 g/mol. The molecule has 2 bridgehead atoms. The SMILES string of the molecule is C=CCN(Cc1ccccc1)C(=O)C1N(CCCCCO)C(=O)[C@@H]2[C@H](C(=O)N(CC=C)Cc3ccccc3)[C@@H]3CCC12O3. The maximum absolute atomic E-state index is 14.5. The van der Waals surface area contributed by atoms with Crippen LogP contribution in [0.3, 0.4) is 0 Å². The first-order chi connectivity index (χ1) is 20.9. The Morgan fingerprint density at radius 1 is 0.907 bits per heavy atom. The molecule has 2 aromatic rings. The van der Waals surface area contributed by atoms with E-state index in [4.69, 9.17) is 4.74 Å². The van der Waals surface area contributed by atoms with E-state index in [1.807, 2.05) is 60.7 Å². The normalized spacial score (nSPS) is 25.4. The van der Waals surface area contributed by atoms with Gasteiger partial charge in [-0.3, -0.25) is 14.4 Å². The van der Waals surface area contributed by atoms with Crippen LogP contribution in [0.2, 0.25) is 0 Å². The molecule has 3 fully saturated rings. The van der Waals surface area contributed by atoms with E-state index in [-0.39, 0.29) is 24.3 Å². The molecule has 3 amide bonds. The van der Waals surface area contributed by atoms with Crippen LogP contribution in [0.4, 0.5) is 0 Å². The highest BCUT2D eigenvalue weighted by molar-refractivity contribution is 5.99. The molecular formula is C35H43N3O5. The zero-order valence-corrected chi connectivity index (χ0v) is 24.9. The number of likely N-dealkylation sites (tertiary alicyclic amines) is 1. The van der Waals surface area contributed by atoms with Crippen LogP contribution in [0.25, 0.3) is 0 Å². The Hall–Kier alpha value is -3.75. The van der Waals surface area contributed by atoms with Crippen LogP contribution in [0.5, 0.6) is 0 Å². The van der Waals surface area contributed by atoms with Crippen LogP contribution in [0.1, 0.15) is 43.2 Å². The standard InChI is InChI=1S/C35H43N3O5/c1-3-20-36(24-26-14-8-5-9-15-26)32(40)29-28-18-19-35(43-28)30(29)33(41)38(22-12-7-13-23-39)31(35)34(42)37(21-4-2)25-27-16-10-6-11-17-27/h3-6,8-11,14-17,28-31,39H,1-2,7,12-13,18-25H2/t28-,29+,30-,31?,35?/m0/s1. The number of amides is 3. The zero-order valence-electron chi connectivity index (χ0n) is 24.9. The molecule has 5 atom stereocenters. The van der Waals surface area contributed by atoms with E-state index in [0.717, 1.165) is 17.5 Å². The number of hydrogen-bond donors (Lipinski definition) is 1. The number of aliphatic hydroxyl groups excluding tert-OH is 1. The number of aliphatic hydroxyl groups is 1. The Labute approximate surface area is 254 Å². The molecule has 0 aromatic heterocycles. The van der Waals surface area contributed by atoms with Crippen molar-refractivity contribution in [1.29, 1.82) is 0 Å². The van der Waals surface area contributed by atoms with Crippen molar-refractivity contribution in [1.82, 2.24) is 14.7 Å². The minimum absolute atomic E-state index is 0.0783. The van der Waals surface area contributed by atoms with Crippen molar-refractivity contribution in [3.63, 3.8) is 0 Å². The van der Waals surface area contributed by atoms with Crippen molar-refractivity contribution in [3.8, 4) is 0 Å². The van der Waals surface area contributed by atoms with Crippen molar-refractivity contribution in [3.05, 3.63) is 97.1 Å². The summed E-state index contributed by atoms with van der Waals surface area (Å²) < 4.78 is 6.69. The maximum Gasteiger partial charge on any atom is 0.248 e. The smallest absolute Gasteiger partial charge is 0.248 e. The summed E-state index contributed by atoms with van der Waals surface area (Å²) >= 11 is 0. The highest BCUT2D eigenvalue weighted by Crippen LogP contribution is 2.59. The molecule has 3 aliphatic rings. The Kier molecular flexibility index (Phi) is 9.78. The number of hydrogen-bond acceptors (Lipinski definition) is 5. The van der Waals surface area contributed by atoms with E-state index in [1.54, 1.807) is 26.9 Å². The Morgan fingerprint density at radius 3 is 2.05 bits per heavy atom. The minimum atomic E-state index is -1.06. The molecule has 2 unspecified atom stereocenters. The van der Waals surface area contributed by atoms with Crippen LogP contribution < -0.4 is 0 Å². The topological polar surface area (TPSA) is 90.4 Å². The van der Waals surface area contributed by atoms with E-state index in [0.29, 0.717) is 58.4 Å². The van der Waals surface area contributed by atoms with E-state index >= 15 is 0 Å². The second-order valence-corrected chi connectivity index (χ2v) is 11.9. The number of ether oxygens (including phenoxy) is 1. The summed E-state index contributed by atoms with van der Waals surface area (Å²) in [6.45, 7) is 9.67. The molecule has 8 nitrogen and oxygen atoms in total. The molecular weight excluding hydrogens is 542 g/mol. The number of fused-ring (bicyclic) bond motifs is 1. The van der Waals surface area contributed by atoms with Crippen molar-refractivity contribution < 1.29 is 24.2 Å². The molecule has 8 heteroatoms. The van der Waals surface area contributed by atoms with Gasteiger partial charge in [0.2, 0.25) is 17.7 Å². The van der Waals surface area contributed by atoms with Crippen LogP contribution in [0, 0.1) is 11.8 Å². The summed E-state index contributed by atoms with van der Waals surface area (Å²) in [5.74, 6) is -1.88. The third-order valence-electron chi connectivity index (χ3n) is 9.13. The van der Waals surface area contributed by atoms with Gasteiger partial charge in [-0.1, -0.05) is 72.8 Å². The molecule has 5 rings (SSSR count). The summed E-state index contributed by atoms with van der Waals surface area (Å²) in [6, 6.07) is 18.7. The van der Waals surface area contributed by atoms with Crippen LogP contribution >= 0.6 is 0 Å². The molecule has 3 aliphatic heterocycles. The summed E-state index contributed by atoms with van der Waals surface area (Å²) in [5.41, 5.74) is 0.920. The summed E-state index contributed by atoms with van der Waals surface area (Å²) in [5, 5.41) is 9.32. The van der Waals surface area contributed by atoms with Gasteiger partial charge >= 0.3 is 0 Å². The molecule has 1 spiro atoms. The summed E-state index contributed by atoms with van der Waals surface area (Å²) in [7, 11) is 0. The number of nitrogens with zero attached hydrogens (tertiary/aromatic N) is 3. The fourth-order valence-corrected chi connectivity index (χ4v) is 7.29. The number of carbonyl (C=O) groups excluding carboxylic acids is 3. The molecule has 0 radical (unpaired) electrons. The van der Waals surface area contributed by atoms with E-state index < -0.39 is 29.6 Å². The number of benzene rings is 2. The fraction of sp³-hybridized carbons (Fsp3) is 0.457. The summed E-state index contributed by atoms with van der Waals surface area (Å²) in [6.07, 6.45) is 6.17. The molecule has 0 saturated carbocycles. The molecule has 228 valence electrons. The van der Waals surface area contributed by atoms with Crippen molar-refractivity contribution >= 4 is 17.7 Å². The van der Waals surface area contributed by atoms with Gasteiger partial charge in [0.25, 0.3) is 0 Å². The Bertz CT molecular complexity index is 1300. The summed E-state index contributed by atoms with van der Waals surface area (Å²) in [4.78, 5) is 48.3. The molecule has 43 heavy (non-hydrogen) atoms. The van der Waals surface area contributed by atoms with Gasteiger partial charge < -0.3 is 24.5 Å². The molecule has 3 heterocycles. The third-order valence-corrected chi connectivity index (χ3v) is 9.13. The van der Waals surface area contributed by atoms with Gasteiger partial charge in [-0.25, -0.2) is 0 Å². The first-order valence-corrected chi connectivity index (χ1v) is 15.4. The van der Waals surface area contributed by atoms with Gasteiger partial charge in [0.1, 0.15) is 11.6 Å².